The SMILES string of the molecule is CC(C)C(N)CCN(C)c1cc(Cl)c(F)cc1[N+](=O)[O-]. The van der Waals surface area contributed by atoms with Gasteiger partial charge in [0.15, 0.2) is 0 Å². The fraction of sp³-hybridized carbons (Fsp3) is 0.538. The first-order valence-corrected chi connectivity index (χ1v) is 6.72. The first kappa shape index (κ1) is 16.7. The topological polar surface area (TPSA) is 72.4 Å². The molecule has 5 nitrogen and oxygen atoms in total. The molecule has 0 spiro atoms. The van der Waals surface area contributed by atoms with Crippen molar-refractivity contribution < 1.29 is 9.31 Å². The molecule has 0 bridgehead atoms. The number of anilines is 1. The second-order valence-electron chi connectivity index (χ2n) is 5.13. The maximum Gasteiger partial charge on any atom is 0.295 e. The van der Waals surface area contributed by atoms with Crippen molar-refractivity contribution in [2.24, 2.45) is 11.7 Å². The Balaban J connectivity index is 2.94. The van der Waals surface area contributed by atoms with Crippen LogP contribution in [-0.4, -0.2) is 24.6 Å². The van der Waals surface area contributed by atoms with Crippen LogP contribution in [0, 0.1) is 21.8 Å². The maximum atomic E-state index is 13.3. The Morgan fingerprint density at radius 1 is 1.50 bits per heavy atom. The zero-order valence-corrected chi connectivity index (χ0v) is 12.5. The average Bonchev–Trinajstić information content (AvgIpc) is 2.37. The number of nitrogens with zero attached hydrogens (tertiary/aromatic N) is 2. The van der Waals surface area contributed by atoms with E-state index in [0.717, 1.165) is 6.07 Å². The molecule has 1 aromatic rings. The fourth-order valence-corrected chi connectivity index (χ4v) is 1.93. The summed E-state index contributed by atoms with van der Waals surface area (Å²) < 4.78 is 13.3. The van der Waals surface area contributed by atoms with Gasteiger partial charge in [-0.1, -0.05) is 25.4 Å². The van der Waals surface area contributed by atoms with Crippen molar-refractivity contribution in [1.82, 2.24) is 0 Å². The lowest BCUT2D eigenvalue weighted by atomic mass is 10.0. The highest BCUT2D eigenvalue weighted by molar-refractivity contribution is 6.31. The lowest BCUT2D eigenvalue weighted by molar-refractivity contribution is -0.384. The predicted octanol–water partition coefficient (Wildman–Crippen LogP) is 3.20. The number of rotatable bonds is 6. The van der Waals surface area contributed by atoms with E-state index in [0.29, 0.717) is 18.9 Å². The molecule has 1 unspecified atom stereocenters. The van der Waals surface area contributed by atoms with Crippen LogP contribution in [0.2, 0.25) is 5.02 Å². The monoisotopic (exact) mass is 303 g/mol. The Kier molecular flexibility index (Phi) is 5.71. The summed E-state index contributed by atoms with van der Waals surface area (Å²) in [5, 5.41) is 10.8. The van der Waals surface area contributed by atoms with E-state index in [9.17, 15) is 14.5 Å². The molecule has 1 aromatic carbocycles. The van der Waals surface area contributed by atoms with E-state index in [1.165, 1.54) is 6.07 Å². The van der Waals surface area contributed by atoms with Gasteiger partial charge < -0.3 is 10.6 Å². The molecular weight excluding hydrogens is 285 g/mol. The molecule has 0 amide bonds. The molecule has 2 N–H and O–H groups in total. The molecule has 0 heterocycles. The van der Waals surface area contributed by atoms with Crippen LogP contribution in [0.25, 0.3) is 0 Å². The second-order valence-corrected chi connectivity index (χ2v) is 5.54. The molecule has 0 saturated heterocycles. The molecule has 0 aliphatic carbocycles. The second kappa shape index (κ2) is 6.85. The van der Waals surface area contributed by atoms with Crippen LogP contribution in [-0.2, 0) is 0 Å². The first-order chi connectivity index (χ1) is 9.23. The van der Waals surface area contributed by atoms with Gasteiger partial charge in [-0.2, -0.15) is 0 Å². The van der Waals surface area contributed by atoms with Gasteiger partial charge in [-0.25, -0.2) is 4.39 Å². The zero-order valence-electron chi connectivity index (χ0n) is 11.8. The van der Waals surface area contributed by atoms with Gasteiger partial charge in [0.25, 0.3) is 5.69 Å². The standard InChI is InChI=1S/C13H19ClFN3O2/c1-8(2)11(16)4-5-17(3)12-6-9(14)10(15)7-13(12)18(19)20/h6-8,11H,4-5,16H2,1-3H3. The zero-order chi connectivity index (χ0) is 15.4. The smallest absolute Gasteiger partial charge is 0.295 e. The Bertz CT molecular complexity index is 497. The molecule has 0 aliphatic rings. The van der Waals surface area contributed by atoms with Gasteiger partial charge in [-0.15, -0.1) is 0 Å². The highest BCUT2D eigenvalue weighted by Gasteiger charge is 2.21. The van der Waals surface area contributed by atoms with Gasteiger partial charge in [0.1, 0.15) is 11.5 Å². The Morgan fingerprint density at radius 3 is 2.60 bits per heavy atom. The summed E-state index contributed by atoms with van der Waals surface area (Å²) in [6, 6.07) is 2.12. The number of nitro benzene ring substituents is 1. The van der Waals surface area contributed by atoms with Crippen LogP contribution < -0.4 is 10.6 Å². The third-order valence-electron chi connectivity index (χ3n) is 3.28. The van der Waals surface area contributed by atoms with Crippen LogP contribution in [0.1, 0.15) is 20.3 Å². The van der Waals surface area contributed by atoms with E-state index in [4.69, 9.17) is 17.3 Å². The third-order valence-corrected chi connectivity index (χ3v) is 3.57. The summed E-state index contributed by atoms with van der Waals surface area (Å²) in [5.74, 6) is -0.468. The summed E-state index contributed by atoms with van der Waals surface area (Å²) in [6.07, 6.45) is 0.681. The number of benzene rings is 1. The largest absolute Gasteiger partial charge is 0.369 e. The van der Waals surface area contributed by atoms with Gasteiger partial charge in [0.2, 0.25) is 0 Å². The summed E-state index contributed by atoms with van der Waals surface area (Å²) in [4.78, 5) is 12.0. The molecule has 0 aliphatic heterocycles. The Morgan fingerprint density at radius 2 is 2.10 bits per heavy atom. The van der Waals surface area contributed by atoms with Crippen LogP contribution in [0.15, 0.2) is 12.1 Å². The number of hydrogen-bond acceptors (Lipinski definition) is 4. The molecule has 0 saturated carbocycles. The minimum Gasteiger partial charge on any atom is -0.369 e. The summed E-state index contributed by atoms with van der Waals surface area (Å²) >= 11 is 5.70. The molecule has 20 heavy (non-hydrogen) atoms. The van der Waals surface area contributed by atoms with Crippen LogP contribution >= 0.6 is 11.6 Å². The highest BCUT2D eigenvalue weighted by Crippen LogP contribution is 2.32. The van der Waals surface area contributed by atoms with Crippen molar-refractivity contribution in [2.75, 3.05) is 18.5 Å². The quantitative estimate of drug-likeness (QED) is 0.647. The fourth-order valence-electron chi connectivity index (χ4n) is 1.77. The molecule has 0 aromatic heterocycles. The molecule has 0 radical (unpaired) electrons. The van der Waals surface area contributed by atoms with E-state index >= 15 is 0 Å². The van der Waals surface area contributed by atoms with Crippen molar-refractivity contribution in [3.63, 3.8) is 0 Å². The number of nitrogens with two attached hydrogens (primary N) is 1. The Labute approximate surface area is 122 Å². The van der Waals surface area contributed by atoms with E-state index < -0.39 is 10.7 Å². The normalized spacial score (nSPS) is 12.6. The van der Waals surface area contributed by atoms with E-state index in [-0.39, 0.29) is 22.4 Å². The average molecular weight is 304 g/mol. The van der Waals surface area contributed by atoms with Crippen molar-refractivity contribution in [3.8, 4) is 0 Å². The molecule has 7 heteroatoms. The Hall–Kier alpha value is -1.40. The van der Waals surface area contributed by atoms with E-state index in [1.54, 1.807) is 11.9 Å². The van der Waals surface area contributed by atoms with Crippen molar-refractivity contribution >= 4 is 23.0 Å². The predicted molar refractivity (Wildman–Crippen MR) is 78.8 cm³/mol. The van der Waals surface area contributed by atoms with E-state index in [1.807, 2.05) is 13.8 Å². The van der Waals surface area contributed by atoms with Crippen LogP contribution in [0.5, 0.6) is 0 Å². The minimum absolute atomic E-state index is 0.00688. The number of halogens is 2. The summed E-state index contributed by atoms with van der Waals surface area (Å²) in [7, 11) is 1.70. The van der Waals surface area contributed by atoms with Gasteiger partial charge in [-0.05, 0) is 18.4 Å². The molecule has 1 atom stereocenters. The minimum atomic E-state index is -0.797. The number of hydrogen-bond donors (Lipinski definition) is 1. The molecule has 112 valence electrons. The molecule has 1 rings (SSSR count). The van der Waals surface area contributed by atoms with Gasteiger partial charge in [0, 0.05) is 19.6 Å². The van der Waals surface area contributed by atoms with Crippen molar-refractivity contribution in [2.45, 2.75) is 26.3 Å². The van der Waals surface area contributed by atoms with Gasteiger partial charge in [0.05, 0.1) is 16.0 Å². The number of nitro groups is 1. The van der Waals surface area contributed by atoms with Crippen LogP contribution in [0.3, 0.4) is 0 Å². The highest BCUT2D eigenvalue weighted by atomic mass is 35.5. The van der Waals surface area contributed by atoms with E-state index in [2.05, 4.69) is 0 Å². The van der Waals surface area contributed by atoms with Crippen molar-refractivity contribution in [3.05, 3.63) is 33.1 Å². The third kappa shape index (κ3) is 4.05. The van der Waals surface area contributed by atoms with Gasteiger partial charge in [-0.3, -0.25) is 10.1 Å². The van der Waals surface area contributed by atoms with Crippen molar-refractivity contribution in [1.29, 1.82) is 0 Å². The van der Waals surface area contributed by atoms with Gasteiger partial charge >= 0.3 is 0 Å². The molecule has 0 fully saturated rings. The maximum absolute atomic E-state index is 13.3. The van der Waals surface area contributed by atoms with Crippen LogP contribution in [0.4, 0.5) is 15.8 Å². The lowest BCUT2D eigenvalue weighted by Crippen LogP contribution is -2.32. The summed E-state index contributed by atoms with van der Waals surface area (Å²) in [6.45, 7) is 4.56. The lowest BCUT2D eigenvalue weighted by Gasteiger charge is -2.23. The summed E-state index contributed by atoms with van der Waals surface area (Å²) in [5.41, 5.74) is 5.94. The first-order valence-electron chi connectivity index (χ1n) is 6.34. The molecular formula is C13H19ClFN3O2.